The first-order valence-electron chi connectivity index (χ1n) is 34.8. The van der Waals surface area contributed by atoms with E-state index in [1.807, 2.05) is 154 Å². The molecule has 4 saturated heterocycles. The van der Waals surface area contributed by atoms with Crippen LogP contribution in [-0.2, 0) is 76.1 Å². The molecule has 0 spiro atoms. The molecule has 6 aliphatic rings. The van der Waals surface area contributed by atoms with Crippen molar-refractivity contribution in [2.45, 2.75) is 263 Å². The lowest BCUT2D eigenvalue weighted by molar-refractivity contribution is -0.355. The molecule has 2 aliphatic carbocycles. The minimum absolute atomic E-state index is 0.220. The largest absolute Gasteiger partial charge is 0.463 e. The summed E-state index contributed by atoms with van der Waals surface area (Å²) in [5.74, 6) is -4.10. The topological polar surface area (TPSA) is 478 Å². The summed E-state index contributed by atoms with van der Waals surface area (Å²) >= 11 is 0. The lowest BCUT2D eigenvalue weighted by Crippen LogP contribution is -2.64. The fraction of sp³-hybridized carbons (Fsp3) is 0.627. The van der Waals surface area contributed by atoms with Crippen molar-refractivity contribution in [3.05, 3.63) is 130 Å². The van der Waals surface area contributed by atoms with E-state index in [1.54, 1.807) is 13.8 Å². The second-order valence-electron chi connectivity index (χ2n) is 28.2. The van der Waals surface area contributed by atoms with Gasteiger partial charge < -0.3 is 119 Å². The molecule has 0 aromatic rings. The van der Waals surface area contributed by atoms with Crippen LogP contribution >= 0.6 is 0 Å². The van der Waals surface area contributed by atoms with Gasteiger partial charge in [-0.25, -0.2) is 0 Å². The van der Waals surface area contributed by atoms with Gasteiger partial charge in [-0.15, -0.1) is 0 Å². The first-order valence-corrected chi connectivity index (χ1v) is 34.8. The number of carbonyl (C=O) groups excluding carboxylic acids is 6. The number of carbonyl (C=O) groups is 6. The Balaban J connectivity index is 0.000000380. The minimum atomic E-state index is -1.93. The molecule has 0 amide bonds. The van der Waals surface area contributed by atoms with Crippen LogP contribution in [0.5, 0.6) is 0 Å². The average Bonchev–Trinajstić information content (AvgIpc) is 0.814. The second-order valence-corrected chi connectivity index (χ2v) is 28.2. The molecule has 22 atom stereocenters. The molecule has 4 heterocycles. The maximum Gasteiger partial charge on any atom is 0.307 e. The highest BCUT2D eigenvalue weighted by molar-refractivity contribution is 6.02. The number of hydrogen-bond acceptors (Lipinski definition) is 30. The van der Waals surface area contributed by atoms with E-state index < -0.39 is 222 Å². The van der Waals surface area contributed by atoms with Gasteiger partial charge in [0.2, 0.25) is 0 Å². The van der Waals surface area contributed by atoms with Crippen LogP contribution in [-0.4, -0.2) is 268 Å². The number of rotatable bonds is 28. The van der Waals surface area contributed by atoms with Crippen LogP contribution in [0.15, 0.2) is 130 Å². The third-order valence-electron chi connectivity index (χ3n) is 18.4. The maximum absolute atomic E-state index is 13.3. The fourth-order valence-electron chi connectivity index (χ4n) is 12.2. The second kappa shape index (κ2) is 41.2. The normalized spacial score (nSPS) is 34.2. The Labute approximate surface area is 610 Å². The number of Topliss-reactive ketones (excluding diaryl/α,β-unsaturated/α-hetero) is 2. The van der Waals surface area contributed by atoms with Gasteiger partial charge in [-0.3, -0.25) is 28.8 Å². The Morgan fingerprint density at radius 1 is 0.448 bits per heavy atom. The Bertz CT molecular complexity index is 3300. The Morgan fingerprint density at radius 2 is 0.810 bits per heavy atom. The number of allylic oxidation sites excluding steroid dienone is 20. The SMILES string of the molecule is CC(C)=C/C=C/C=C(C)/C=C/C=C(C)/C=C/C1=C(C)C(=O)C(OC(=O)CCC(=O)OCC2OC(O)C(O)C(O)C2OC2OC(CO)C(O)C(O)C2O)CC1(C)C.CC/C=C/C=C(C)/C=C/C1=C(C)C(=O)C(OC(=O)CCC(=O)OCC2OC(O)C(O)C(O)C2OC2OC(CO)C(O)C(O)C2O)CC1(C)C. The van der Waals surface area contributed by atoms with Crippen LogP contribution < -0.4 is 0 Å². The summed E-state index contributed by atoms with van der Waals surface area (Å²) in [5, 5.41) is 141. The Morgan fingerprint density at radius 3 is 1.19 bits per heavy atom. The number of aliphatic hydroxyl groups excluding tert-OH is 14. The summed E-state index contributed by atoms with van der Waals surface area (Å²) in [6.45, 7) is 20.4. The third kappa shape index (κ3) is 25.3. The van der Waals surface area contributed by atoms with Crippen molar-refractivity contribution in [1.82, 2.24) is 0 Å². The number of aliphatic hydroxyl groups is 14. The smallest absolute Gasteiger partial charge is 0.307 e. The van der Waals surface area contributed by atoms with E-state index in [2.05, 4.69) is 0 Å². The van der Waals surface area contributed by atoms with E-state index in [0.717, 1.165) is 34.3 Å². The van der Waals surface area contributed by atoms with Crippen LogP contribution in [0.3, 0.4) is 0 Å². The number of ether oxygens (including phenoxy) is 10. The van der Waals surface area contributed by atoms with E-state index >= 15 is 0 Å². The predicted molar refractivity (Wildman–Crippen MR) is 372 cm³/mol. The van der Waals surface area contributed by atoms with Crippen LogP contribution in [0.2, 0.25) is 0 Å². The fourth-order valence-corrected chi connectivity index (χ4v) is 12.2. The van der Waals surface area contributed by atoms with Crippen molar-refractivity contribution < 1.29 is 148 Å². The van der Waals surface area contributed by atoms with Crippen molar-refractivity contribution >= 4 is 35.4 Å². The molecule has 14 N–H and O–H groups in total. The molecule has 0 aromatic heterocycles. The van der Waals surface area contributed by atoms with Gasteiger partial charge in [-0.2, -0.15) is 0 Å². The quantitative estimate of drug-likeness (QED) is 0.0298. The summed E-state index contributed by atoms with van der Waals surface area (Å²) in [7, 11) is 0. The number of ketones is 2. The molecule has 588 valence electrons. The monoisotopic (exact) mass is 1490 g/mol. The van der Waals surface area contributed by atoms with E-state index in [-0.39, 0.29) is 24.4 Å². The molecule has 105 heavy (non-hydrogen) atoms. The summed E-state index contributed by atoms with van der Waals surface area (Å²) < 4.78 is 53.5. The van der Waals surface area contributed by atoms with Crippen LogP contribution in [0.1, 0.15) is 128 Å². The molecule has 22 unspecified atom stereocenters. The van der Waals surface area contributed by atoms with Gasteiger partial charge in [-0.1, -0.05) is 142 Å². The highest BCUT2D eigenvalue weighted by Crippen LogP contribution is 2.43. The van der Waals surface area contributed by atoms with Crippen molar-refractivity contribution in [1.29, 1.82) is 0 Å². The van der Waals surface area contributed by atoms with Gasteiger partial charge in [0.05, 0.1) is 38.9 Å². The van der Waals surface area contributed by atoms with E-state index in [0.29, 0.717) is 11.1 Å². The maximum atomic E-state index is 13.3. The standard InChI is InChI=1S/C41H58O15.C34H50O15/c1-22(2)11-8-9-12-23(3)13-10-14-24(4)15-16-26-25(5)32(45)27(19-41(26,6)7)53-31(44)18-17-30(43)52-21-29-38(35(48)36(49)39(51)54-29)56-40-37(50)34(47)33(46)28(20-42)55-40;1-6-7-8-9-17(2)10-11-19-18(3)25(38)20(14-34(19,4)5)46-24(37)13-12-23(36)45-16-22-31(28(41)29(42)32(44)47-22)49-33-30(43)27(40)26(39)21(15-35)48-33/h8-16,27-29,33-40,42,46-51H,17-21H2,1-7H3;7-11,20-22,26-33,35,39-44H,6,12-16H2,1-5H3/b9-8+,13-10+,16-15+,23-12+,24-14+;8-7+,11-10+,17-9+. The zero-order valence-corrected chi connectivity index (χ0v) is 61.4. The van der Waals surface area contributed by atoms with Crippen molar-refractivity contribution in [3.63, 3.8) is 0 Å². The van der Waals surface area contributed by atoms with Gasteiger partial charge in [-0.05, 0) is 88.0 Å². The highest BCUT2D eigenvalue weighted by Gasteiger charge is 2.53. The Hall–Kier alpha value is -6.44. The van der Waals surface area contributed by atoms with Crippen LogP contribution in [0.25, 0.3) is 0 Å². The minimum Gasteiger partial charge on any atom is -0.463 e. The molecule has 0 bridgehead atoms. The first-order chi connectivity index (χ1) is 49.3. The lowest BCUT2D eigenvalue weighted by atomic mass is 9.71. The van der Waals surface area contributed by atoms with Gasteiger partial charge in [0.15, 0.2) is 48.9 Å². The lowest BCUT2D eigenvalue weighted by Gasteiger charge is -2.45. The van der Waals surface area contributed by atoms with E-state index in [4.69, 9.17) is 47.4 Å². The van der Waals surface area contributed by atoms with Gasteiger partial charge in [0, 0.05) is 12.8 Å². The highest BCUT2D eigenvalue weighted by atomic mass is 16.7. The summed E-state index contributed by atoms with van der Waals surface area (Å²) in [4.78, 5) is 77.1. The van der Waals surface area contributed by atoms with Gasteiger partial charge in [0.25, 0.3) is 0 Å². The molecule has 0 saturated carbocycles. The molecule has 30 heteroatoms. The molecule has 6 rings (SSSR count). The Kier molecular flexibility index (Phi) is 35.0. The molecule has 4 fully saturated rings. The molecule has 0 radical (unpaired) electrons. The zero-order chi connectivity index (χ0) is 78.5. The third-order valence-corrected chi connectivity index (χ3v) is 18.4. The van der Waals surface area contributed by atoms with Gasteiger partial charge >= 0.3 is 23.9 Å². The summed E-state index contributed by atoms with van der Waals surface area (Å²) in [6, 6.07) is 0. The molecular formula is C75H108O30. The average molecular weight is 1490 g/mol. The first kappa shape index (κ1) is 89.2. The molecular weight excluding hydrogens is 1380 g/mol. The summed E-state index contributed by atoms with van der Waals surface area (Å²) in [5.41, 5.74) is 5.85. The zero-order valence-electron chi connectivity index (χ0n) is 61.4. The van der Waals surface area contributed by atoms with Crippen LogP contribution in [0, 0.1) is 10.8 Å². The summed E-state index contributed by atoms with van der Waals surface area (Å²) in [6.07, 6.45) is -9.25. The van der Waals surface area contributed by atoms with Crippen molar-refractivity contribution in [2.75, 3.05) is 26.4 Å². The van der Waals surface area contributed by atoms with Crippen LogP contribution in [0.4, 0.5) is 0 Å². The number of hydrogen-bond donors (Lipinski definition) is 14. The van der Waals surface area contributed by atoms with E-state index in [1.165, 1.54) is 5.57 Å². The van der Waals surface area contributed by atoms with Gasteiger partial charge in [0.1, 0.15) is 111 Å². The molecule has 30 nitrogen and oxygen atoms in total. The number of esters is 4. The molecule has 4 aliphatic heterocycles. The predicted octanol–water partition coefficient (Wildman–Crippen LogP) is 1.32. The molecule has 0 aromatic carbocycles. The van der Waals surface area contributed by atoms with Crippen molar-refractivity contribution in [2.24, 2.45) is 10.8 Å². The van der Waals surface area contributed by atoms with Crippen molar-refractivity contribution in [3.8, 4) is 0 Å². The van der Waals surface area contributed by atoms with E-state index in [9.17, 15) is 100 Å².